The quantitative estimate of drug-likeness (QED) is 0.763. The molecule has 0 radical (unpaired) electrons. The lowest BCUT2D eigenvalue weighted by atomic mass is 10.2. The van der Waals surface area contributed by atoms with Crippen molar-refractivity contribution < 1.29 is 14.6 Å². The van der Waals surface area contributed by atoms with Crippen LogP contribution in [0.25, 0.3) is 0 Å². The zero-order valence-corrected chi connectivity index (χ0v) is 10.2. The minimum Gasteiger partial charge on any atom is -0.454 e. The fraction of sp³-hybridized carbons (Fsp3) is 0.538. The molecule has 0 saturated carbocycles. The second-order valence-corrected chi connectivity index (χ2v) is 4.36. The van der Waals surface area contributed by atoms with Crippen molar-refractivity contribution in [2.45, 2.75) is 19.4 Å². The molecular formula is C13H19NO3. The third-order valence-electron chi connectivity index (χ3n) is 2.84. The summed E-state index contributed by atoms with van der Waals surface area (Å²) in [6.45, 7) is 2.49. The van der Waals surface area contributed by atoms with Crippen LogP contribution in [0.1, 0.15) is 18.4 Å². The summed E-state index contributed by atoms with van der Waals surface area (Å²) in [7, 11) is 2.09. The molecule has 1 N–H and O–H groups in total. The zero-order valence-electron chi connectivity index (χ0n) is 10.2. The van der Waals surface area contributed by atoms with Crippen molar-refractivity contribution in [3.05, 3.63) is 23.8 Å². The Morgan fingerprint density at radius 1 is 1.24 bits per heavy atom. The lowest BCUT2D eigenvalue weighted by molar-refractivity contribution is 0.174. The summed E-state index contributed by atoms with van der Waals surface area (Å²) in [5.74, 6) is 1.67. The Bertz CT molecular complexity index is 368. The maximum Gasteiger partial charge on any atom is 0.231 e. The Labute approximate surface area is 102 Å². The summed E-state index contributed by atoms with van der Waals surface area (Å²) in [4.78, 5) is 2.24. The second-order valence-electron chi connectivity index (χ2n) is 4.36. The Kier molecular flexibility index (Phi) is 4.23. The first-order chi connectivity index (χ1) is 8.29. The number of ether oxygens (including phenoxy) is 2. The lowest BCUT2D eigenvalue weighted by Crippen LogP contribution is -2.19. The van der Waals surface area contributed by atoms with Crippen LogP contribution in [0, 0.1) is 0 Å². The van der Waals surface area contributed by atoms with E-state index in [0.717, 1.165) is 37.4 Å². The molecule has 94 valence electrons. The van der Waals surface area contributed by atoms with Crippen LogP contribution in [0.5, 0.6) is 11.5 Å². The van der Waals surface area contributed by atoms with Crippen molar-refractivity contribution in [2.24, 2.45) is 0 Å². The third kappa shape index (κ3) is 3.35. The van der Waals surface area contributed by atoms with Crippen molar-refractivity contribution in [1.29, 1.82) is 0 Å². The predicted molar refractivity (Wildman–Crippen MR) is 65.2 cm³/mol. The minimum absolute atomic E-state index is 0.276. The van der Waals surface area contributed by atoms with Gasteiger partial charge >= 0.3 is 0 Å². The first-order valence-electron chi connectivity index (χ1n) is 5.97. The lowest BCUT2D eigenvalue weighted by Gasteiger charge is -2.16. The number of rotatable bonds is 6. The van der Waals surface area contributed by atoms with E-state index in [0.29, 0.717) is 6.79 Å². The molecule has 1 aliphatic rings. The SMILES string of the molecule is CN(CCCCO)Cc1ccc2c(c1)OCO2. The fourth-order valence-electron chi connectivity index (χ4n) is 1.92. The highest BCUT2D eigenvalue weighted by molar-refractivity contribution is 5.44. The molecule has 1 aromatic rings. The van der Waals surface area contributed by atoms with Crippen molar-refractivity contribution in [1.82, 2.24) is 4.90 Å². The molecule has 1 aromatic carbocycles. The largest absolute Gasteiger partial charge is 0.454 e. The van der Waals surface area contributed by atoms with E-state index in [1.54, 1.807) is 0 Å². The molecule has 0 aliphatic carbocycles. The molecule has 0 atom stereocenters. The number of unbranched alkanes of at least 4 members (excludes halogenated alkanes) is 1. The highest BCUT2D eigenvalue weighted by Gasteiger charge is 2.13. The summed E-state index contributed by atoms with van der Waals surface area (Å²) in [6.07, 6.45) is 1.89. The van der Waals surface area contributed by atoms with Crippen LogP contribution in [0.3, 0.4) is 0 Å². The molecule has 0 spiro atoms. The highest BCUT2D eigenvalue weighted by Crippen LogP contribution is 2.32. The van der Waals surface area contributed by atoms with Crippen LogP contribution in [0.2, 0.25) is 0 Å². The van der Waals surface area contributed by atoms with Crippen LogP contribution in [0.15, 0.2) is 18.2 Å². The van der Waals surface area contributed by atoms with Gasteiger partial charge in [-0.25, -0.2) is 0 Å². The zero-order chi connectivity index (χ0) is 12.1. The molecule has 0 saturated heterocycles. The molecule has 4 nitrogen and oxygen atoms in total. The van der Waals surface area contributed by atoms with E-state index in [9.17, 15) is 0 Å². The van der Waals surface area contributed by atoms with Crippen molar-refractivity contribution >= 4 is 0 Å². The Morgan fingerprint density at radius 3 is 2.88 bits per heavy atom. The van der Waals surface area contributed by atoms with E-state index in [1.807, 2.05) is 12.1 Å². The number of fused-ring (bicyclic) bond motifs is 1. The Hall–Kier alpha value is -1.26. The van der Waals surface area contributed by atoms with Gasteiger partial charge in [0.05, 0.1) is 0 Å². The number of hydrogen-bond acceptors (Lipinski definition) is 4. The summed E-state index contributed by atoms with van der Waals surface area (Å²) in [5, 5.41) is 8.73. The van der Waals surface area contributed by atoms with Crippen molar-refractivity contribution in [2.75, 3.05) is 27.0 Å². The van der Waals surface area contributed by atoms with E-state index in [1.165, 1.54) is 5.56 Å². The Morgan fingerprint density at radius 2 is 2.06 bits per heavy atom. The van der Waals surface area contributed by atoms with Gasteiger partial charge in [0.2, 0.25) is 6.79 Å². The molecule has 4 heteroatoms. The molecule has 0 bridgehead atoms. The topological polar surface area (TPSA) is 41.9 Å². The second kappa shape index (κ2) is 5.89. The van der Waals surface area contributed by atoms with Crippen LogP contribution < -0.4 is 9.47 Å². The van der Waals surface area contributed by atoms with E-state index < -0.39 is 0 Å². The van der Waals surface area contributed by atoms with Gasteiger partial charge in [0, 0.05) is 13.2 Å². The molecule has 1 aliphatic heterocycles. The molecule has 0 fully saturated rings. The highest BCUT2D eigenvalue weighted by atomic mass is 16.7. The summed E-state index contributed by atoms with van der Waals surface area (Å²) < 4.78 is 10.6. The van der Waals surface area contributed by atoms with Crippen LogP contribution in [0.4, 0.5) is 0 Å². The van der Waals surface area contributed by atoms with E-state index >= 15 is 0 Å². The smallest absolute Gasteiger partial charge is 0.231 e. The number of aliphatic hydroxyl groups is 1. The number of benzene rings is 1. The monoisotopic (exact) mass is 237 g/mol. The predicted octanol–water partition coefficient (Wildman–Crippen LogP) is 1.62. The van der Waals surface area contributed by atoms with Crippen molar-refractivity contribution in [3.8, 4) is 11.5 Å². The number of hydrogen-bond donors (Lipinski definition) is 1. The molecule has 2 rings (SSSR count). The van der Waals surface area contributed by atoms with Crippen LogP contribution in [-0.4, -0.2) is 37.0 Å². The van der Waals surface area contributed by atoms with E-state index in [-0.39, 0.29) is 6.61 Å². The Balaban J connectivity index is 1.86. The maximum atomic E-state index is 8.73. The van der Waals surface area contributed by atoms with E-state index in [2.05, 4.69) is 18.0 Å². The molecule has 1 heterocycles. The maximum absolute atomic E-state index is 8.73. The third-order valence-corrected chi connectivity index (χ3v) is 2.84. The van der Waals surface area contributed by atoms with Gasteiger partial charge in [-0.1, -0.05) is 6.07 Å². The van der Waals surface area contributed by atoms with Crippen LogP contribution in [-0.2, 0) is 6.54 Å². The van der Waals surface area contributed by atoms with Gasteiger partial charge in [-0.2, -0.15) is 0 Å². The van der Waals surface area contributed by atoms with Gasteiger partial charge < -0.3 is 19.5 Å². The van der Waals surface area contributed by atoms with Crippen LogP contribution >= 0.6 is 0 Å². The fourth-order valence-corrected chi connectivity index (χ4v) is 1.92. The van der Waals surface area contributed by atoms with Gasteiger partial charge in [-0.15, -0.1) is 0 Å². The summed E-state index contributed by atoms with van der Waals surface area (Å²) in [6, 6.07) is 6.06. The molecule has 0 aromatic heterocycles. The summed E-state index contributed by atoms with van der Waals surface area (Å²) >= 11 is 0. The minimum atomic E-state index is 0.276. The van der Waals surface area contributed by atoms with Gasteiger partial charge in [-0.05, 0) is 44.1 Å². The standard InChI is InChI=1S/C13H19NO3/c1-14(6-2-3-7-15)9-11-4-5-12-13(8-11)17-10-16-12/h4-5,8,15H,2-3,6-7,9-10H2,1H3. The van der Waals surface area contributed by atoms with Crippen molar-refractivity contribution in [3.63, 3.8) is 0 Å². The summed E-state index contributed by atoms with van der Waals surface area (Å²) in [5.41, 5.74) is 1.22. The normalized spacial score (nSPS) is 13.4. The number of nitrogens with zero attached hydrogens (tertiary/aromatic N) is 1. The average Bonchev–Trinajstić information content (AvgIpc) is 2.76. The van der Waals surface area contributed by atoms with E-state index in [4.69, 9.17) is 14.6 Å². The number of aliphatic hydroxyl groups excluding tert-OH is 1. The van der Waals surface area contributed by atoms with Gasteiger partial charge in [-0.3, -0.25) is 0 Å². The van der Waals surface area contributed by atoms with Gasteiger partial charge in [0.25, 0.3) is 0 Å². The molecular weight excluding hydrogens is 218 g/mol. The molecule has 0 unspecified atom stereocenters. The van der Waals surface area contributed by atoms with Gasteiger partial charge in [0.15, 0.2) is 11.5 Å². The first-order valence-corrected chi connectivity index (χ1v) is 5.97. The average molecular weight is 237 g/mol. The molecule has 17 heavy (non-hydrogen) atoms. The van der Waals surface area contributed by atoms with Gasteiger partial charge in [0.1, 0.15) is 0 Å². The molecule has 0 amide bonds. The first kappa shape index (κ1) is 12.2.